The minimum atomic E-state index is 0.324. The molecule has 1 aliphatic heterocycles. The maximum atomic E-state index is 9.17. The quantitative estimate of drug-likeness (QED) is 0.698. The van der Waals surface area contributed by atoms with Crippen molar-refractivity contribution in [3.63, 3.8) is 0 Å². The Morgan fingerprint density at radius 1 is 1.36 bits per heavy atom. The number of nitrogens with one attached hydrogen (secondary N) is 1. The van der Waals surface area contributed by atoms with E-state index in [1.54, 1.807) is 12.1 Å². The molecular formula is C11H15N2O. The average molecular weight is 191 g/mol. The van der Waals surface area contributed by atoms with Gasteiger partial charge in [-0.1, -0.05) is 12.1 Å². The molecule has 0 saturated carbocycles. The van der Waals surface area contributed by atoms with E-state index in [-0.39, 0.29) is 0 Å². The van der Waals surface area contributed by atoms with E-state index in [0.29, 0.717) is 11.8 Å². The molecule has 2 N–H and O–H groups in total. The van der Waals surface area contributed by atoms with E-state index in [1.807, 2.05) is 12.1 Å². The van der Waals surface area contributed by atoms with E-state index < -0.39 is 0 Å². The standard InChI is InChI=1S/C11H15N2O/c1-13-7-6-12-11(8-13)9-2-4-10(14)5-3-9/h2-5,7,11-12,14H,6,8H2,1H3. The fourth-order valence-corrected chi connectivity index (χ4v) is 1.71. The van der Waals surface area contributed by atoms with Crippen molar-refractivity contribution in [2.75, 3.05) is 20.1 Å². The Hall–Kier alpha value is -1.06. The van der Waals surface area contributed by atoms with Crippen molar-refractivity contribution in [3.05, 3.63) is 36.4 Å². The Kier molecular flexibility index (Phi) is 2.70. The minimum Gasteiger partial charge on any atom is -0.508 e. The highest BCUT2D eigenvalue weighted by Crippen LogP contribution is 2.19. The van der Waals surface area contributed by atoms with Crippen LogP contribution in [0.15, 0.2) is 24.3 Å². The Morgan fingerprint density at radius 3 is 2.71 bits per heavy atom. The van der Waals surface area contributed by atoms with Crippen LogP contribution in [0.1, 0.15) is 11.6 Å². The Labute approximate surface area is 84.4 Å². The van der Waals surface area contributed by atoms with Gasteiger partial charge in [0, 0.05) is 25.7 Å². The van der Waals surface area contributed by atoms with Crippen LogP contribution in [0.25, 0.3) is 0 Å². The predicted octanol–water partition coefficient (Wildman–Crippen LogP) is 1.13. The van der Waals surface area contributed by atoms with E-state index in [4.69, 9.17) is 0 Å². The molecular weight excluding hydrogens is 176 g/mol. The molecule has 0 spiro atoms. The zero-order valence-corrected chi connectivity index (χ0v) is 8.27. The van der Waals surface area contributed by atoms with Crippen molar-refractivity contribution in [3.8, 4) is 5.75 Å². The molecule has 0 aromatic heterocycles. The number of likely N-dealkylation sites (N-methyl/N-ethyl adjacent to an activating group) is 1. The number of rotatable bonds is 1. The molecule has 0 amide bonds. The van der Waals surface area contributed by atoms with Crippen molar-refractivity contribution >= 4 is 0 Å². The highest BCUT2D eigenvalue weighted by atomic mass is 16.3. The van der Waals surface area contributed by atoms with E-state index in [1.165, 1.54) is 5.56 Å². The van der Waals surface area contributed by atoms with Crippen LogP contribution in [-0.4, -0.2) is 30.1 Å². The Balaban J connectivity index is 2.10. The van der Waals surface area contributed by atoms with Gasteiger partial charge in [-0.2, -0.15) is 0 Å². The first-order valence-corrected chi connectivity index (χ1v) is 4.81. The van der Waals surface area contributed by atoms with Gasteiger partial charge < -0.3 is 10.4 Å². The number of phenolic OH excluding ortho intramolecular Hbond substituents is 1. The second-order valence-corrected chi connectivity index (χ2v) is 3.67. The van der Waals surface area contributed by atoms with Gasteiger partial charge in [0.25, 0.3) is 0 Å². The van der Waals surface area contributed by atoms with Gasteiger partial charge in [-0.25, -0.2) is 0 Å². The van der Waals surface area contributed by atoms with Crippen molar-refractivity contribution in [1.82, 2.24) is 10.2 Å². The molecule has 1 radical (unpaired) electrons. The Bertz CT molecular complexity index is 297. The van der Waals surface area contributed by atoms with Gasteiger partial charge in [-0.05, 0) is 24.7 Å². The second-order valence-electron chi connectivity index (χ2n) is 3.67. The molecule has 1 fully saturated rings. The lowest BCUT2D eigenvalue weighted by Crippen LogP contribution is -2.40. The number of nitrogens with zero attached hydrogens (tertiary/aromatic N) is 1. The molecule has 1 saturated heterocycles. The van der Waals surface area contributed by atoms with Gasteiger partial charge in [-0.3, -0.25) is 4.90 Å². The van der Waals surface area contributed by atoms with Crippen LogP contribution < -0.4 is 5.32 Å². The van der Waals surface area contributed by atoms with Crippen LogP contribution in [0.5, 0.6) is 5.75 Å². The SMILES string of the molecule is CN1[CH]CNC(c2ccc(O)cc2)C1. The van der Waals surface area contributed by atoms with Gasteiger partial charge in [0.15, 0.2) is 0 Å². The summed E-state index contributed by atoms with van der Waals surface area (Å²) in [6.45, 7) is 4.02. The molecule has 1 atom stereocenters. The fraction of sp³-hybridized carbons (Fsp3) is 0.364. The lowest BCUT2D eigenvalue weighted by Gasteiger charge is -2.30. The van der Waals surface area contributed by atoms with Crippen LogP contribution in [0.3, 0.4) is 0 Å². The summed E-state index contributed by atoms with van der Waals surface area (Å²) in [5, 5.41) is 12.6. The predicted molar refractivity (Wildman–Crippen MR) is 55.8 cm³/mol. The summed E-state index contributed by atoms with van der Waals surface area (Å²) in [5.74, 6) is 0.324. The van der Waals surface area contributed by atoms with Crippen LogP contribution in [0.4, 0.5) is 0 Å². The van der Waals surface area contributed by atoms with Crippen LogP contribution in [-0.2, 0) is 0 Å². The molecule has 75 valence electrons. The van der Waals surface area contributed by atoms with E-state index in [9.17, 15) is 5.11 Å². The molecule has 1 unspecified atom stereocenters. The summed E-state index contributed by atoms with van der Waals surface area (Å²) in [5.41, 5.74) is 1.22. The number of hydrogen-bond acceptors (Lipinski definition) is 3. The van der Waals surface area contributed by atoms with Crippen LogP contribution in [0.2, 0.25) is 0 Å². The van der Waals surface area contributed by atoms with Crippen molar-refractivity contribution in [2.45, 2.75) is 6.04 Å². The fourth-order valence-electron chi connectivity index (χ4n) is 1.71. The second kappa shape index (κ2) is 3.98. The first-order chi connectivity index (χ1) is 6.75. The number of hydrogen-bond donors (Lipinski definition) is 2. The monoisotopic (exact) mass is 191 g/mol. The minimum absolute atomic E-state index is 0.324. The summed E-state index contributed by atoms with van der Waals surface area (Å²) >= 11 is 0. The maximum absolute atomic E-state index is 9.17. The third-order valence-corrected chi connectivity index (χ3v) is 2.53. The third-order valence-electron chi connectivity index (χ3n) is 2.53. The van der Waals surface area contributed by atoms with E-state index >= 15 is 0 Å². The Morgan fingerprint density at radius 2 is 2.07 bits per heavy atom. The largest absolute Gasteiger partial charge is 0.508 e. The molecule has 1 heterocycles. The van der Waals surface area contributed by atoms with Crippen LogP contribution >= 0.6 is 0 Å². The first kappa shape index (κ1) is 9.49. The van der Waals surface area contributed by atoms with E-state index in [2.05, 4.69) is 23.8 Å². The van der Waals surface area contributed by atoms with E-state index in [0.717, 1.165) is 13.1 Å². The molecule has 3 heteroatoms. The van der Waals surface area contributed by atoms with Gasteiger partial charge >= 0.3 is 0 Å². The van der Waals surface area contributed by atoms with Gasteiger partial charge in [0.2, 0.25) is 0 Å². The summed E-state index contributed by atoms with van der Waals surface area (Å²) in [4.78, 5) is 2.19. The van der Waals surface area contributed by atoms with Gasteiger partial charge in [0.1, 0.15) is 5.75 Å². The van der Waals surface area contributed by atoms with Gasteiger partial charge in [-0.15, -0.1) is 0 Å². The highest BCUT2D eigenvalue weighted by molar-refractivity contribution is 5.28. The molecule has 2 rings (SSSR count). The summed E-state index contributed by atoms with van der Waals surface area (Å²) in [6.07, 6.45) is 0. The number of phenols is 1. The summed E-state index contributed by atoms with van der Waals surface area (Å²) < 4.78 is 0. The summed E-state index contributed by atoms with van der Waals surface area (Å²) in [6, 6.07) is 7.76. The molecule has 1 aromatic rings. The smallest absolute Gasteiger partial charge is 0.115 e. The lowest BCUT2D eigenvalue weighted by molar-refractivity contribution is 0.289. The molecule has 14 heavy (non-hydrogen) atoms. The molecule has 0 bridgehead atoms. The van der Waals surface area contributed by atoms with Gasteiger partial charge in [0.05, 0.1) is 0 Å². The zero-order chi connectivity index (χ0) is 9.97. The molecule has 1 aromatic carbocycles. The normalized spacial score (nSPS) is 23.6. The first-order valence-electron chi connectivity index (χ1n) is 4.81. The molecule has 0 aliphatic carbocycles. The number of piperazine rings is 1. The number of aromatic hydroxyl groups is 1. The average Bonchev–Trinajstić information content (AvgIpc) is 2.19. The summed E-state index contributed by atoms with van der Waals surface area (Å²) in [7, 11) is 2.08. The van der Waals surface area contributed by atoms with Crippen molar-refractivity contribution in [1.29, 1.82) is 0 Å². The van der Waals surface area contributed by atoms with Crippen molar-refractivity contribution < 1.29 is 5.11 Å². The molecule has 3 nitrogen and oxygen atoms in total. The van der Waals surface area contributed by atoms with Crippen molar-refractivity contribution in [2.24, 2.45) is 0 Å². The molecule has 1 aliphatic rings. The zero-order valence-electron chi connectivity index (χ0n) is 8.27. The van der Waals surface area contributed by atoms with Crippen LogP contribution in [0, 0.1) is 6.54 Å². The highest BCUT2D eigenvalue weighted by Gasteiger charge is 2.17. The lowest BCUT2D eigenvalue weighted by atomic mass is 10.0. The number of benzene rings is 1. The third kappa shape index (κ3) is 2.05. The maximum Gasteiger partial charge on any atom is 0.115 e. The topological polar surface area (TPSA) is 35.5 Å².